The SMILES string of the molecule is Cn1nc2c(c1-c1cc(F)c(F)c(F)c1)CCN(C(=O)c1cc(F)cc(-n3cncn3)c1)C2. The molecule has 0 unspecified atom stereocenters. The summed E-state index contributed by atoms with van der Waals surface area (Å²) < 4.78 is 57.9. The van der Waals surface area contributed by atoms with E-state index in [4.69, 9.17) is 0 Å². The van der Waals surface area contributed by atoms with Crippen LogP contribution in [0.1, 0.15) is 21.6 Å². The Balaban J connectivity index is 1.45. The lowest BCUT2D eigenvalue weighted by Crippen LogP contribution is -2.36. The molecule has 2 aromatic carbocycles. The summed E-state index contributed by atoms with van der Waals surface area (Å²) in [5.41, 5.74) is 2.37. The molecule has 7 nitrogen and oxygen atoms in total. The van der Waals surface area contributed by atoms with E-state index in [1.54, 1.807) is 7.05 Å². The largest absolute Gasteiger partial charge is 0.332 e. The Morgan fingerprint density at radius 1 is 1.03 bits per heavy atom. The van der Waals surface area contributed by atoms with Gasteiger partial charge in [0.25, 0.3) is 5.91 Å². The van der Waals surface area contributed by atoms with Crippen LogP contribution in [0.3, 0.4) is 0 Å². The van der Waals surface area contributed by atoms with Gasteiger partial charge in [0, 0.05) is 30.3 Å². The van der Waals surface area contributed by atoms with Crippen LogP contribution >= 0.6 is 0 Å². The van der Waals surface area contributed by atoms with Crippen molar-refractivity contribution in [2.45, 2.75) is 13.0 Å². The first-order valence-electron chi connectivity index (χ1n) is 9.96. The molecule has 1 aliphatic rings. The third-order valence-corrected chi connectivity index (χ3v) is 5.56. The first-order valence-corrected chi connectivity index (χ1v) is 9.96. The zero-order valence-electron chi connectivity index (χ0n) is 17.3. The monoisotopic (exact) mass is 456 g/mol. The van der Waals surface area contributed by atoms with E-state index in [2.05, 4.69) is 15.2 Å². The molecule has 0 aliphatic carbocycles. The average Bonchev–Trinajstić information content (AvgIpc) is 3.43. The number of aryl methyl sites for hydroxylation is 1. The van der Waals surface area contributed by atoms with Crippen molar-refractivity contribution in [1.82, 2.24) is 29.4 Å². The molecule has 168 valence electrons. The van der Waals surface area contributed by atoms with Gasteiger partial charge in [-0.25, -0.2) is 27.2 Å². The van der Waals surface area contributed by atoms with E-state index in [-0.39, 0.29) is 24.2 Å². The van der Waals surface area contributed by atoms with Gasteiger partial charge in [-0.05, 0) is 36.8 Å². The highest BCUT2D eigenvalue weighted by atomic mass is 19.2. The average molecular weight is 456 g/mol. The fraction of sp³-hybridized carbons (Fsp3) is 0.182. The topological polar surface area (TPSA) is 68.8 Å². The fourth-order valence-corrected chi connectivity index (χ4v) is 4.10. The Morgan fingerprint density at radius 3 is 2.48 bits per heavy atom. The van der Waals surface area contributed by atoms with Crippen LogP contribution in [0.4, 0.5) is 17.6 Å². The Hall–Kier alpha value is -4.02. The van der Waals surface area contributed by atoms with Gasteiger partial charge >= 0.3 is 0 Å². The highest BCUT2D eigenvalue weighted by molar-refractivity contribution is 5.95. The lowest BCUT2D eigenvalue weighted by atomic mass is 9.99. The number of halogens is 4. The van der Waals surface area contributed by atoms with Gasteiger partial charge in [-0.2, -0.15) is 10.2 Å². The number of hydrogen-bond acceptors (Lipinski definition) is 4. The van der Waals surface area contributed by atoms with Crippen molar-refractivity contribution in [3.8, 4) is 16.9 Å². The molecule has 0 N–H and O–H groups in total. The Bertz CT molecular complexity index is 1360. The second-order valence-corrected chi connectivity index (χ2v) is 7.67. The standard InChI is InChI=1S/C22H16F4N6O/c1-30-21(12-6-17(24)20(26)18(25)7-12)16-2-3-31(9-19(16)29-30)22(33)13-4-14(23)8-15(5-13)32-11-27-10-28-32/h4-8,10-11H,2-3,9H2,1H3. The second kappa shape index (κ2) is 7.84. The summed E-state index contributed by atoms with van der Waals surface area (Å²) in [6, 6.07) is 5.75. The molecule has 33 heavy (non-hydrogen) atoms. The Kier molecular flexibility index (Phi) is 4.95. The fourth-order valence-electron chi connectivity index (χ4n) is 4.10. The number of rotatable bonds is 3. The molecule has 1 amide bonds. The van der Waals surface area contributed by atoms with Gasteiger partial charge in [-0.1, -0.05) is 0 Å². The van der Waals surface area contributed by atoms with Crippen molar-refractivity contribution in [2.75, 3.05) is 6.54 Å². The number of fused-ring (bicyclic) bond motifs is 1. The molecule has 5 rings (SSSR count). The minimum Gasteiger partial charge on any atom is -0.332 e. The highest BCUT2D eigenvalue weighted by Gasteiger charge is 2.29. The van der Waals surface area contributed by atoms with Gasteiger partial charge in [-0.15, -0.1) is 0 Å². The molecule has 0 atom stereocenters. The summed E-state index contributed by atoms with van der Waals surface area (Å²) in [5, 5.41) is 8.35. The van der Waals surface area contributed by atoms with Crippen molar-refractivity contribution in [1.29, 1.82) is 0 Å². The lowest BCUT2D eigenvalue weighted by molar-refractivity contribution is 0.0732. The zero-order valence-corrected chi connectivity index (χ0v) is 17.3. The summed E-state index contributed by atoms with van der Waals surface area (Å²) in [7, 11) is 1.61. The maximum Gasteiger partial charge on any atom is 0.254 e. The number of nitrogens with zero attached hydrogens (tertiary/aromatic N) is 6. The van der Waals surface area contributed by atoms with E-state index in [1.165, 1.54) is 39.1 Å². The van der Waals surface area contributed by atoms with Gasteiger partial charge in [0.1, 0.15) is 18.5 Å². The smallest absolute Gasteiger partial charge is 0.254 e. The van der Waals surface area contributed by atoms with Crippen LogP contribution < -0.4 is 0 Å². The summed E-state index contributed by atoms with van der Waals surface area (Å²) in [6.07, 6.45) is 3.05. The Morgan fingerprint density at radius 2 is 1.79 bits per heavy atom. The zero-order chi connectivity index (χ0) is 23.3. The first-order chi connectivity index (χ1) is 15.8. The predicted octanol–water partition coefficient (Wildman–Crippen LogP) is 3.42. The normalized spacial score (nSPS) is 13.3. The summed E-state index contributed by atoms with van der Waals surface area (Å²) in [5.74, 6) is -5.10. The van der Waals surface area contributed by atoms with Crippen LogP contribution in [0, 0.1) is 23.3 Å². The minimum atomic E-state index is -1.54. The van der Waals surface area contributed by atoms with E-state index >= 15 is 0 Å². The van der Waals surface area contributed by atoms with Crippen LogP contribution in [-0.4, -0.2) is 41.9 Å². The number of aromatic nitrogens is 5. The molecule has 0 saturated carbocycles. The Labute approximate surface area is 184 Å². The number of benzene rings is 2. The molecular weight excluding hydrogens is 440 g/mol. The molecule has 4 aromatic rings. The molecule has 0 spiro atoms. The van der Waals surface area contributed by atoms with Gasteiger partial charge in [0.05, 0.1) is 23.6 Å². The van der Waals surface area contributed by atoms with E-state index in [1.807, 2.05) is 0 Å². The molecule has 0 radical (unpaired) electrons. The quantitative estimate of drug-likeness (QED) is 0.350. The van der Waals surface area contributed by atoms with Crippen LogP contribution in [-0.2, 0) is 20.0 Å². The van der Waals surface area contributed by atoms with Gasteiger partial charge in [-0.3, -0.25) is 9.48 Å². The lowest BCUT2D eigenvalue weighted by Gasteiger charge is -2.27. The van der Waals surface area contributed by atoms with Gasteiger partial charge in [0.15, 0.2) is 17.5 Å². The van der Waals surface area contributed by atoms with Crippen molar-refractivity contribution >= 4 is 5.91 Å². The summed E-state index contributed by atoms with van der Waals surface area (Å²) in [6.45, 7) is 0.412. The van der Waals surface area contributed by atoms with Gasteiger partial charge < -0.3 is 4.90 Å². The first kappa shape index (κ1) is 20.9. The molecular formula is C22H16F4N6O. The molecule has 3 heterocycles. The van der Waals surface area contributed by atoms with Crippen LogP contribution in [0.5, 0.6) is 0 Å². The van der Waals surface area contributed by atoms with E-state index < -0.39 is 29.2 Å². The second-order valence-electron chi connectivity index (χ2n) is 7.67. The van der Waals surface area contributed by atoms with Crippen LogP contribution in [0.2, 0.25) is 0 Å². The number of carbonyl (C=O) groups is 1. The third kappa shape index (κ3) is 3.65. The molecule has 2 aromatic heterocycles. The van der Waals surface area contributed by atoms with E-state index in [0.717, 1.165) is 23.8 Å². The van der Waals surface area contributed by atoms with Crippen molar-refractivity contribution in [2.24, 2.45) is 7.05 Å². The number of amides is 1. The third-order valence-electron chi connectivity index (χ3n) is 5.56. The van der Waals surface area contributed by atoms with Gasteiger partial charge in [0.2, 0.25) is 0 Å². The molecule has 0 bridgehead atoms. The molecule has 0 saturated heterocycles. The van der Waals surface area contributed by atoms with E-state index in [9.17, 15) is 22.4 Å². The number of hydrogen-bond donors (Lipinski definition) is 0. The van der Waals surface area contributed by atoms with Crippen molar-refractivity contribution in [3.05, 3.63) is 83.1 Å². The summed E-state index contributed by atoms with van der Waals surface area (Å²) >= 11 is 0. The van der Waals surface area contributed by atoms with Crippen LogP contribution in [0.25, 0.3) is 16.9 Å². The minimum absolute atomic E-state index is 0.128. The maximum absolute atomic E-state index is 14.2. The van der Waals surface area contributed by atoms with Crippen LogP contribution in [0.15, 0.2) is 43.0 Å². The number of carbonyl (C=O) groups excluding carboxylic acids is 1. The summed E-state index contributed by atoms with van der Waals surface area (Å²) in [4.78, 5) is 18.5. The highest BCUT2D eigenvalue weighted by Crippen LogP contribution is 2.32. The molecule has 0 fully saturated rings. The van der Waals surface area contributed by atoms with E-state index in [0.29, 0.717) is 23.5 Å². The maximum atomic E-state index is 14.2. The van der Waals surface area contributed by atoms with Crippen molar-refractivity contribution < 1.29 is 22.4 Å². The molecule has 11 heteroatoms. The predicted molar refractivity (Wildman–Crippen MR) is 108 cm³/mol. The molecule has 1 aliphatic heterocycles. The van der Waals surface area contributed by atoms with Crippen molar-refractivity contribution in [3.63, 3.8) is 0 Å².